The topological polar surface area (TPSA) is 105 Å². The van der Waals surface area contributed by atoms with Crippen LogP contribution in [-0.4, -0.2) is 37.5 Å². The van der Waals surface area contributed by atoms with Crippen molar-refractivity contribution in [3.63, 3.8) is 0 Å². The maximum absolute atomic E-state index is 14.0. The van der Waals surface area contributed by atoms with E-state index in [0.717, 1.165) is 22.5 Å². The van der Waals surface area contributed by atoms with E-state index in [2.05, 4.69) is 23.8 Å². The number of aromatic nitrogens is 2. The number of benzene rings is 2. The van der Waals surface area contributed by atoms with Gasteiger partial charge in [0.1, 0.15) is 0 Å². The normalized spacial score (nSPS) is 20.0. The van der Waals surface area contributed by atoms with Crippen molar-refractivity contribution in [1.29, 1.82) is 0 Å². The number of guanidine groups is 1. The number of carbonyl (C=O) groups excluding carboxylic acids is 2. The van der Waals surface area contributed by atoms with Crippen LogP contribution in [0.25, 0.3) is 0 Å². The maximum Gasteiger partial charge on any atom is 0.262 e. The van der Waals surface area contributed by atoms with Crippen molar-refractivity contribution in [3.8, 4) is 0 Å². The van der Waals surface area contributed by atoms with Gasteiger partial charge in [0.15, 0.2) is 11.5 Å². The molecular formula is C28H30N6O2. The summed E-state index contributed by atoms with van der Waals surface area (Å²) in [5, 5.41) is 0. The Bertz CT molecular complexity index is 1310. The van der Waals surface area contributed by atoms with Crippen LogP contribution in [0.3, 0.4) is 0 Å². The Morgan fingerprint density at radius 3 is 2.31 bits per heavy atom. The summed E-state index contributed by atoms with van der Waals surface area (Å²) in [6, 6.07) is 16.6. The lowest BCUT2D eigenvalue weighted by atomic mass is 9.82. The van der Waals surface area contributed by atoms with Crippen LogP contribution in [0.5, 0.6) is 0 Å². The number of rotatable bonds is 6. The molecule has 3 heterocycles. The number of fused-ring (bicyclic) bond motifs is 1. The third-order valence-corrected chi connectivity index (χ3v) is 6.91. The summed E-state index contributed by atoms with van der Waals surface area (Å²) in [5.74, 6) is 0.185. The van der Waals surface area contributed by atoms with E-state index in [1.807, 2.05) is 55.5 Å². The Balaban J connectivity index is 1.42. The molecule has 3 aromatic rings. The highest BCUT2D eigenvalue weighted by molar-refractivity contribution is 6.07. The fraction of sp³-hybridized carbons (Fsp3) is 0.321. The largest absolute Gasteiger partial charge is 0.369 e. The van der Waals surface area contributed by atoms with Gasteiger partial charge in [-0.2, -0.15) is 0 Å². The number of nitrogens with two attached hydrogens (primary N) is 1. The Morgan fingerprint density at radius 2 is 1.67 bits per heavy atom. The molecule has 0 saturated heterocycles. The van der Waals surface area contributed by atoms with Gasteiger partial charge in [-0.15, -0.1) is 0 Å². The molecule has 36 heavy (non-hydrogen) atoms. The number of carbonyl (C=O) groups is 2. The minimum atomic E-state index is -1.05. The third-order valence-electron chi connectivity index (χ3n) is 6.91. The SMILES string of the molecule is CC(C)C[C@]1(c2ccccc2)N=C(N)N([C@H](C)c2cccc(C(=O)N3Cc4nccnc4C3)c2)C1=O. The van der Waals surface area contributed by atoms with E-state index < -0.39 is 11.6 Å². The molecule has 2 aliphatic rings. The molecule has 0 unspecified atom stereocenters. The van der Waals surface area contributed by atoms with Gasteiger partial charge in [0.25, 0.3) is 11.8 Å². The predicted molar refractivity (Wildman–Crippen MR) is 137 cm³/mol. The van der Waals surface area contributed by atoms with Gasteiger partial charge in [0.05, 0.1) is 30.5 Å². The summed E-state index contributed by atoms with van der Waals surface area (Å²) < 4.78 is 0. The first-order chi connectivity index (χ1) is 17.3. The van der Waals surface area contributed by atoms with Gasteiger partial charge in [-0.05, 0) is 42.5 Å². The maximum atomic E-state index is 14.0. The van der Waals surface area contributed by atoms with Crippen molar-refractivity contribution in [2.75, 3.05) is 0 Å². The molecule has 184 valence electrons. The molecule has 0 aliphatic carbocycles. The average molecular weight is 483 g/mol. The van der Waals surface area contributed by atoms with E-state index in [4.69, 9.17) is 10.7 Å². The van der Waals surface area contributed by atoms with Gasteiger partial charge in [-0.3, -0.25) is 24.5 Å². The van der Waals surface area contributed by atoms with E-state index >= 15 is 0 Å². The summed E-state index contributed by atoms with van der Waals surface area (Å²) >= 11 is 0. The molecule has 1 aromatic heterocycles. The molecule has 2 aromatic carbocycles. The molecule has 0 saturated carbocycles. The quantitative estimate of drug-likeness (QED) is 0.576. The molecule has 2 amide bonds. The second kappa shape index (κ2) is 9.18. The van der Waals surface area contributed by atoms with Gasteiger partial charge >= 0.3 is 0 Å². The van der Waals surface area contributed by atoms with Crippen LogP contribution in [0.2, 0.25) is 0 Å². The van der Waals surface area contributed by atoms with Gasteiger partial charge in [0, 0.05) is 18.0 Å². The van der Waals surface area contributed by atoms with Crippen LogP contribution < -0.4 is 5.73 Å². The molecule has 2 aliphatic heterocycles. The molecule has 2 N–H and O–H groups in total. The molecule has 0 fully saturated rings. The number of aliphatic imine (C=N–C) groups is 1. The van der Waals surface area contributed by atoms with Crippen molar-refractivity contribution in [3.05, 3.63) is 95.1 Å². The standard InChI is InChI=1S/C28H30N6O2/c1-18(2)15-28(22-10-5-4-6-11-22)26(36)34(27(29)32-28)19(3)20-8-7-9-21(14-20)25(35)33-16-23-24(17-33)31-13-12-30-23/h4-14,18-19H,15-17H2,1-3H3,(H2,29,32)/t19-,28-/m1/s1. The first-order valence-corrected chi connectivity index (χ1v) is 12.2. The van der Waals surface area contributed by atoms with Crippen molar-refractivity contribution in [2.24, 2.45) is 16.6 Å². The van der Waals surface area contributed by atoms with Crippen LogP contribution in [-0.2, 0) is 23.4 Å². The lowest BCUT2D eigenvalue weighted by Crippen LogP contribution is -2.44. The monoisotopic (exact) mass is 482 g/mol. The smallest absolute Gasteiger partial charge is 0.262 e. The second-order valence-electron chi connectivity index (χ2n) is 9.88. The van der Waals surface area contributed by atoms with E-state index in [0.29, 0.717) is 25.1 Å². The summed E-state index contributed by atoms with van der Waals surface area (Å²) in [6.45, 7) is 6.93. The van der Waals surface area contributed by atoms with Crippen LogP contribution in [0.1, 0.15) is 66.1 Å². The zero-order valence-electron chi connectivity index (χ0n) is 20.8. The van der Waals surface area contributed by atoms with Gasteiger partial charge < -0.3 is 10.6 Å². The van der Waals surface area contributed by atoms with Crippen LogP contribution >= 0.6 is 0 Å². The highest BCUT2D eigenvalue weighted by atomic mass is 16.2. The molecule has 2 atom stereocenters. The summed E-state index contributed by atoms with van der Waals surface area (Å²) in [4.78, 5) is 44.0. The average Bonchev–Trinajstić information content (AvgIpc) is 3.42. The molecule has 0 spiro atoms. The van der Waals surface area contributed by atoms with Crippen molar-refractivity contribution < 1.29 is 9.59 Å². The number of hydrogen-bond acceptors (Lipinski definition) is 6. The first kappa shape index (κ1) is 23.7. The van der Waals surface area contributed by atoms with Gasteiger partial charge in [0.2, 0.25) is 0 Å². The Morgan fingerprint density at radius 1 is 1.00 bits per heavy atom. The fourth-order valence-electron chi connectivity index (χ4n) is 5.20. The molecule has 8 nitrogen and oxygen atoms in total. The molecule has 5 rings (SSSR count). The first-order valence-electron chi connectivity index (χ1n) is 12.2. The molecule has 0 bridgehead atoms. The number of hydrogen-bond donors (Lipinski definition) is 1. The lowest BCUT2D eigenvalue weighted by Gasteiger charge is -2.31. The van der Waals surface area contributed by atoms with E-state index in [1.165, 1.54) is 0 Å². The van der Waals surface area contributed by atoms with E-state index in [-0.39, 0.29) is 23.7 Å². The Hall–Kier alpha value is -4.07. The Labute approximate surface area is 210 Å². The molecule has 8 heteroatoms. The predicted octanol–water partition coefficient (Wildman–Crippen LogP) is 3.79. The van der Waals surface area contributed by atoms with Gasteiger partial charge in [-0.25, -0.2) is 4.99 Å². The molecule has 0 radical (unpaired) electrons. The summed E-state index contributed by atoms with van der Waals surface area (Å²) in [7, 11) is 0. The van der Waals surface area contributed by atoms with Gasteiger partial charge in [-0.1, -0.05) is 56.3 Å². The summed E-state index contributed by atoms with van der Waals surface area (Å²) in [5.41, 5.74) is 9.20. The third kappa shape index (κ3) is 4.02. The Kier molecular flexibility index (Phi) is 6.04. The number of amides is 2. The van der Waals surface area contributed by atoms with E-state index in [1.54, 1.807) is 28.3 Å². The van der Waals surface area contributed by atoms with Crippen molar-refractivity contribution in [1.82, 2.24) is 19.8 Å². The van der Waals surface area contributed by atoms with Crippen molar-refractivity contribution >= 4 is 17.8 Å². The van der Waals surface area contributed by atoms with Crippen LogP contribution in [0.4, 0.5) is 0 Å². The van der Waals surface area contributed by atoms with Crippen LogP contribution in [0, 0.1) is 5.92 Å². The number of nitrogens with zero attached hydrogens (tertiary/aromatic N) is 5. The fourth-order valence-corrected chi connectivity index (χ4v) is 5.20. The zero-order valence-corrected chi connectivity index (χ0v) is 20.8. The minimum Gasteiger partial charge on any atom is -0.369 e. The zero-order chi connectivity index (χ0) is 25.4. The highest BCUT2D eigenvalue weighted by Gasteiger charge is 2.50. The highest BCUT2D eigenvalue weighted by Crippen LogP contribution is 2.41. The second-order valence-corrected chi connectivity index (χ2v) is 9.88. The van der Waals surface area contributed by atoms with Crippen LogP contribution in [0.15, 0.2) is 72.0 Å². The summed E-state index contributed by atoms with van der Waals surface area (Å²) in [6.07, 6.45) is 3.83. The van der Waals surface area contributed by atoms with Crippen molar-refractivity contribution in [2.45, 2.75) is 51.9 Å². The lowest BCUT2D eigenvalue weighted by molar-refractivity contribution is -0.133. The minimum absolute atomic E-state index is 0.100. The molecular weight excluding hydrogens is 452 g/mol. The van der Waals surface area contributed by atoms with E-state index in [9.17, 15) is 9.59 Å².